The van der Waals surface area contributed by atoms with Crippen molar-refractivity contribution in [3.63, 3.8) is 0 Å². The van der Waals surface area contributed by atoms with Crippen LogP contribution in [0, 0.1) is 6.92 Å². The quantitative estimate of drug-likeness (QED) is 0.223. The van der Waals surface area contributed by atoms with Gasteiger partial charge in [0.1, 0.15) is 0 Å². The number of para-hydroxylation sites is 3. The van der Waals surface area contributed by atoms with Gasteiger partial charge in [0, 0.05) is 11.3 Å². The first-order chi connectivity index (χ1) is 21.5. The zero-order valence-electron chi connectivity index (χ0n) is 25.3. The highest BCUT2D eigenvalue weighted by Crippen LogP contribution is 2.48. The summed E-state index contributed by atoms with van der Waals surface area (Å²) >= 11 is 0. The minimum atomic E-state index is -4.48. The minimum absolute atomic E-state index is 0.0244. The predicted octanol–water partition coefficient (Wildman–Crippen LogP) is 9.29. The van der Waals surface area contributed by atoms with Crippen LogP contribution in [0.2, 0.25) is 0 Å². The molecule has 9 heteroatoms. The van der Waals surface area contributed by atoms with Crippen molar-refractivity contribution >= 4 is 34.6 Å². The van der Waals surface area contributed by atoms with E-state index in [1.807, 2.05) is 66.2 Å². The summed E-state index contributed by atoms with van der Waals surface area (Å²) in [6, 6.07) is 30.9. The van der Waals surface area contributed by atoms with E-state index in [-0.39, 0.29) is 17.1 Å². The molecule has 0 aliphatic carbocycles. The Kier molecular flexibility index (Phi) is 6.65. The Morgan fingerprint density at radius 2 is 1.47 bits per heavy atom. The fourth-order valence-corrected chi connectivity index (χ4v) is 5.94. The van der Waals surface area contributed by atoms with E-state index in [4.69, 9.17) is 15.1 Å². The van der Waals surface area contributed by atoms with Gasteiger partial charge in [-0.25, -0.2) is 14.7 Å². The Morgan fingerprint density at radius 3 is 2.18 bits per heavy atom. The largest absolute Gasteiger partial charge is 0.416 e. The van der Waals surface area contributed by atoms with E-state index in [9.17, 15) is 13.2 Å². The number of rotatable bonds is 3. The van der Waals surface area contributed by atoms with Crippen LogP contribution in [0.3, 0.4) is 0 Å². The van der Waals surface area contributed by atoms with Crippen LogP contribution in [0.1, 0.15) is 54.8 Å². The molecule has 0 amide bonds. The standard InChI is InChI=1S/C36H31F3N6/c1-22-30-31(23-17-19-24(20-18-23)35(2,3)4)44-29-16-9-8-15-28(29)41-32(40-26-12-10-11-25(21-26)36(37,38)39)34(44)42-33(30)45(43-22)27-13-6-5-7-14-27/h5-21,31H,1-4H3,(H,40,41)/t31-/m0/s1. The topological polar surface area (TPSA) is 57.8 Å². The molecular weight excluding hydrogens is 573 g/mol. The third kappa shape index (κ3) is 5.08. The summed E-state index contributed by atoms with van der Waals surface area (Å²) in [7, 11) is 0. The highest BCUT2D eigenvalue weighted by Gasteiger charge is 2.41. The summed E-state index contributed by atoms with van der Waals surface area (Å²) in [5.74, 6) is 1.47. The number of nitrogens with one attached hydrogen (secondary N) is 1. The molecule has 3 heterocycles. The number of hydrogen-bond acceptors (Lipinski definition) is 5. The highest BCUT2D eigenvalue weighted by molar-refractivity contribution is 6.51. The van der Waals surface area contributed by atoms with E-state index >= 15 is 0 Å². The van der Waals surface area contributed by atoms with Gasteiger partial charge in [0.25, 0.3) is 0 Å². The number of aromatic nitrogens is 2. The molecule has 2 aliphatic heterocycles. The van der Waals surface area contributed by atoms with Crippen LogP contribution >= 0.6 is 0 Å². The van der Waals surface area contributed by atoms with Crippen molar-refractivity contribution in [2.24, 2.45) is 9.98 Å². The molecule has 0 unspecified atom stereocenters. The molecule has 0 bridgehead atoms. The van der Waals surface area contributed by atoms with Gasteiger partial charge < -0.3 is 10.2 Å². The Labute approximate surface area is 259 Å². The van der Waals surface area contributed by atoms with Crippen LogP contribution in [-0.4, -0.2) is 21.5 Å². The van der Waals surface area contributed by atoms with Gasteiger partial charge in [-0.15, -0.1) is 0 Å². The number of fused-ring (bicyclic) bond motifs is 4. The van der Waals surface area contributed by atoms with Crippen LogP contribution < -0.4 is 10.2 Å². The lowest BCUT2D eigenvalue weighted by Gasteiger charge is -2.40. The summed E-state index contributed by atoms with van der Waals surface area (Å²) in [4.78, 5) is 12.2. The average molecular weight is 605 g/mol. The molecule has 1 N–H and O–H groups in total. The Morgan fingerprint density at radius 1 is 0.756 bits per heavy atom. The minimum Gasteiger partial charge on any atom is -0.337 e. The summed E-state index contributed by atoms with van der Waals surface area (Å²) in [6.45, 7) is 8.54. The summed E-state index contributed by atoms with van der Waals surface area (Å²) < 4.78 is 42.7. The predicted molar refractivity (Wildman–Crippen MR) is 173 cm³/mol. The third-order valence-corrected chi connectivity index (χ3v) is 8.18. The van der Waals surface area contributed by atoms with Gasteiger partial charge in [-0.2, -0.15) is 18.3 Å². The number of aliphatic imine (C=N–C) groups is 2. The molecule has 1 aromatic heterocycles. The van der Waals surface area contributed by atoms with Gasteiger partial charge >= 0.3 is 6.18 Å². The Balaban J connectivity index is 1.46. The lowest BCUT2D eigenvalue weighted by atomic mass is 9.85. The van der Waals surface area contributed by atoms with Crippen LogP contribution in [0.4, 0.5) is 36.1 Å². The second-order valence-corrected chi connectivity index (χ2v) is 12.3. The van der Waals surface area contributed by atoms with Crippen LogP contribution in [0.15, 0.2) is 113 Å². The van der Waals surface area contributed by atoms with E-state index in [2.05, 4.69) is 55.3 Å². The second kappa shape index (κ2) is 10.5. The molecule has 2 aliphatic rings. The fraction of sp³-hybridized carbons (Fsp3) is 0.194. The maximum absolute atomic E-state index is 13.6. The number of anilines is 2. The molecule has 0 saturated heterocycles. The van der Waals surface area contributed by atoms with E-state index in [0.29, 0.717) is 23.2 Å². The van der Waals surface area contributed by atoms with Crippen molar-refractivity contribution in [3.05, 3.63) is 131 Å². The van der Waals surface area contributed by atoms with Crippen LogP contribution in [0.5, 0.6) is 0 Å². The zero-order valence-corrected chi connectivity index (χ0v) is 25.3. The SMILES string of the molecule is Cc1nn(-c2ccccc2)c2c1[C@H](c1ccc(C(C)(C)C)cc1)N1C(=N2)C(Nc2cccc(C(F)(F)F)c2)=Nc2ccccc21. The second-order valence-electron chi connectivity index (χ2n) is 12.3. The van der Waals surface area contributed by atoms with Crippen molar-refractivity contribution in [1.82, 2.24) is 9.78 Å². The lowest BCUT2D eigenvalue weighted by molar-refractivity contribution is -0.137. The molecule has 0 spiro atoms. The van der Waals surface area contributed by atoms with Crippen molar-refractivity contribution in [1.29, 1.82) is 0 Å². The highest BCUT2D eigenvalue weighted by atomic mass is 19.4. The van der Waals surface area contributed by atoms with Crippen molar-refractivity contribution in [2.75, 3.05) is 10.2 Å². The first kappa shape index (κ1) is 28.6. The van der Waals surface area contributed by atoms with E-state index in [1.165, 1.54) is 11.6 Å². The maximum atomic E-state index is 13.6. The molecule has 4 aromatic carbocycles. The molecule has 0 radical (unpaired) electrons. The monoisotopic (exact) mass is 604 g/mol. The fourth-order valence-electron chi connectivity index (χ4n) is 5.94. The Hall–Kier alpha value is -5.18. The lowest BCUT2D eigenvalue weighted by Crippen LogP contribution is -2.46. The molecule has 0 fully saturated rings. The summed E-state index contributed by atoms with van der Waals surface area (Å²) in [5, 5.41) is 8.13. The van der Waals surface area contributed by atoms with Crippen molar-refractivity contribution in [3.8, 4) is 5.69 Å². The molecule has 226 valence electrons. The molecule has 45 heavy (non-hydrogen) atoms. The molecule has 6 nitrogen and oxygen atoms in total. The van der Waals surface area contributed by atoms with Gasteiger partial charge in [-0.3, -0.25) is 0 Å². The van der Waals surface area contributed by atoms with Crippen molar-refractivity contribution < 1.29 is 13.2 Å². The van der Waals surface area contributed by atoms with Gasteiger partial charge in [0.2, 0.25) is 0 Å². The molecule has 5 aromatic rings. The number of halogens is 3. The maximum Gasteiger partial charge on any atom is 0.416 e. The summed E-state index contributed by atoms with van der Waals surface area (Å²) in [5.41, 5.74) is 5.87. The average Bonchev–Trinajstić information content (AvgIpc) is 3.36. The smallest absolute Gasteiger partial charge is 0.337 e. The van der Waals surface area contributed by atoms with Gasteiger partial charge in [-0.05, 0) is 65.9 Å². The van der Waals surface area contributed by atoms with Crippen LogP contribution in [0.25, 0.3) is 5.69 Å². The molecular formula is C36H31F3N6. The third-order valence-electron chi connectivity index (χ3n) is 8.18. The number of amidine groups is 2. The number of nitrogens with zero attached hydrogens (tertiary/aromatic N) is 5. The first-order valence-corrected chi connectivity index (χ1v) is 14.7. The zero-order chi connectivity index (χ0) is 31.5. The molecule has 0 saturated carbocycles. The Bertz CT molecular complexity index is 1970. The molecule has 7 rings (SSSR count). The normalized spacial score (nSPS) is 15.9. The van der Waals surface area contributed by atoms with Gasteiger partial charge in [0.15, 0.2) is 17.5 Å². The number of aryl methyl sites for hydroxylation is 1. The number of hydrogen-bond donors (Lipinski definition) is 1. The number of alkyl halides is 3. The summed E-state index contributed by atoms with van der Waals surface area (Å²) in [6.07, 6.45) is -4.48. The van der Waals surface area contributed by atoms with Gasteiger partial charge in [0.05, 0.1) is 34.4 Å². The van der Waals surface area contributed by atoms with Gasteiger partial charge in [-0.1, -0.05) is 81.4 Å². The molecule has 1 atom stereocenters. The first-order valence-electron chi connectivity index (χ1n) is 14.7. The van der Waals surface area contributed by atoms with E-state index in [1.54, 1.807) is 6.07 Å². The van der Waals surface area contributed by atoms with E-state index in [0.717, 1.165) is 40.3 Å². The van der Waals surface area contributed by atoms with E-state index < -0.39 is 11.7 Å². The van der Waals surface area contributed by atoms with Crippen LogP contribution in [-0.2, 0) is 11.6 Å². The van der Waals surface area contributed by atoms with Crippen molar-refractivity contribution in [2.45, 2.75) is 45.3 Å². The number of benzene rings is 4.